The summed E-state index contributed by atoms with van der Waals surface area (Å²) in [5.74, 6) is 0.857. The molecule has 0 aromatic carbocycles. The van der Waals surface area contributed by atoms with E-state index in [4.69, 9.17) is 4.74 Å². The van der Waals surface area contributed by atoms with Crippen LogP contribution in [0.1, 0.15) is 32.4 Å². The van der Waals surface area contributed by atoms with Crippen molar-refractivity contribution in [2.45, 2.75) is 45.8 Å². The molecule has 2 bridgehead atoms. The average Bonchev–Trinajstić information content (AvgIpc) is 2.71. The number of anilines is 1. The Morgan fingerprint density at radius 1 is 1.24 bits per heavy atom. The number of rotatable bonds is 1. The quantitative estimate of drug-likeness (QED) is 0.748. The first kappa shape index (κ1) is 12.3. The molecule has 2 aliphatic rings. The minimum absolute atomic E-state index is 0.396. The molecule has 2 aliphatic heterocycles. The van der Waals surface area contributed by atoms with Gasteiger partial charge in [0.2, 0.25) is 5.95 Å². The Morgan fingerprint density at radius 2 is 1.88 bits per heavy atom. The molecule has 4 nitrogen and oxygen atoms in total. The van der Waals surface area contributed by atoms with E-state index < -0.39 is 0 Å². The summed E-state index contributed by atoms with van der Waals surface area (Å²) in [5, 5.41) is 0. The Labute approximate surface area is 103 Å². The molecule has 0 N–H and O–H groups in total. The number of hydrogen-bond donors (Lipinski definition) is 0. The van der Waals surface area contributed by atoms with E-state index in [-0.39, 0.29) is 0 Å². The van der Waals surface area contributed by atoms with Gasteiger partial charge in [0.25, 0.3) is 0 Å². The highest BCUT2D eigenvalue weighted by Gasteiger charge is 2.34. The van der Waals surface area contributed by atoms with Crippen molar-refractivity contribution >= 4 is 5.95 Å². The summed E-state index contributed by atoms with van der Waals surface area (Å²) in [5.41, 5.74) is 1.03. The lowest BCUT2D eigenvalue weighted by atomic mass is 10.2. The van der Waals surface area contributed by atoms with Crippen molar-refractivity contribution in [3.05, 3.63) is 18.0 Å². The molecular formula is C13H21N3O. The van der Waals surface area contributed by atoms with E-state index >= 15 is 0 Å². The highest BCUT2D eigenvalue weighted by molar-refractivity contribution is 5.32. The van der Waals surface area contributed by atoms with Crippen molar-refractivity contribution in [1.82, 2.24) is 9.97 Å². The van der Waals surface area contributed by atoms with Crippen LogP contribution in [0.2, 0.25) is 0 Å². The number of aromatic nitrogens is 2. The van der Waals surface area contributed by atoms with Gasteiger partial charge in [0.05, 0.1) is 12.2 Å². The topological polar surface area (TPSA) is 38.2 Å². The molecule has 3 rings (SSSR count). The van der Waals surface area contributed by atoms with Gasteiger partial charge >= 0.3 is 0 Å². The lowest BCUT2D eigenvalue weighted by Crippen LogP contribution is -2.43. The zero-order chi connectivity index (χ0) is 12.3. The summed E-state index contributed by atoms with van der Waals surface area (Å²) in [6.07, 6.45) is 5.00. The van der Waals surface area contributed by atoms with Gasteiger partial charge < -0.3 is 9.64 Å². The maximum Gasteiger partial charge on any atom is 0.225 e. The van der Waals surface area contributed by atoms with E-state index in [2.05, 4.69) is 14.9 Å². The minimum atomic E-state index is 0.396. The smallest absolute Gasteiger partial charge is 0.225 e. The summed E-state index contributed by atoms with van der Waals surface area (Å²) in [4.78, 5) is 11.0. The van der Waals surface area contributed by atoms with Gasteiger partial charge in [0, 0.05) is 25.0 Å². The highest BCUT2D eigenvalue weighted by Crippen LogP contribution is 2.27. The van der Waals surface area contributed by atoms with Gasteiger partial charge in [-0.25, -0.2) is 9.97 Å². The van der Waals surface area contributed by atoms with Crippen LogP contribution in [0.5, 0.6) is 0 Å². The first-order chi connectivity index (χ1) is 8.31. The minimum Gasteiger partial charge on any atom is -0.371 e. The van der Waals surface area contributed by atoms with Crippen LogP contribution in [-0.4, -0.2) is 35.3 Å². The molecule has 94 valence electrons. The molecule has 0 amide bonds. The van der Waals surface area contributed by atoms with Gasteiger partial charge in [-0.15, -0.1) is 0 Å². The molecule has 17 heavy (non-hydrogen) atoms. The van der Waals surface area contributed by atoms with Crippen molar-refractivity contribution in [1.29, 1.82) is 0 Å². The molecule has 0 saturated carbocycles. The third-order valence-corrected chi connectivity index (χ3v) is 3.11. The summed E-state index contributed by atoms with van der Waals surface area (Å²) in [7, 11) is 0. The third kappa shape index (κ3) is 2.75. The maximum absolute atomic E-state index is 5.78. The van der Waals surface area contributed by atoms with Gasteiger partial charge in [-0.3, -0.25) is 0 Å². The number of hydrogen-bond acceptors (Lipinski definition) is 4. The van der Waals surface area contributed by atoms with Crippen LogP contribution in [-0.2, 0) is 4.74 Å². The zero-order valence-corrected chi connectivity index (χ0v) is 10.9. The van der Waals surface area contributed by atoms with Crippen molar-refractivity contribution in [3.63, 3.8) is 0 Å². The summed E-state index contributed by atoms with van der Waals surface area (Å²) < 4.78 is 5.78. The molecule has 2 saturated heterocycles. The molecule has 2 unspecified atom stereocenters. The van der Waals surface area contributed by atoms with Crippen LogP contribution in [0.15, 0.2) is 12.3 Å². The molecular weight excluding hydrogens is 214 g/mol. The van der Waals surface area contributed by atoms with Gasteiger partial charge in [-0.1, -0.05) is 13.8 Å². The average molecular weight is 235 g/mol. The standard InChI is InChI=1S/C11H15N3O.C2H6/c1-8-4-5-12-11(13-8)14-6-9-2-3-10(7-14)15-9;1-2/h4-5,9-10H,2-3,6-7H2,1H3;1-2H3. The molecule has 4 heteroatoms. The number of ether oxygens (including phenoxy) is 1. The van der Waals surface area contributed by atoms with E-state index in [1.165, 1.54) is 12.8 Å². The second kappa shape index (κ2) is 5.45. The number of aryl methyl sites for hydroxylation is 1. The molecule has 0 aliphatic carbocycles. The Bertz CT molecular complexity index is 357. The lowest BCUT2D eigenvalue weighted by Gasteiger charge is -2.32. The van der Waals surface area contributed by atoms with Crippen LogP contribution in [0.25, 0.3) is 0 Å². The Morgan fingerprint density at radius 3 is 2.47 bits per heavy atom. The number of nitrogens with zero attached hydrogens (tertiary/aromatic N) is 3. The van der Waals surface area contributed by atoms with Crippen LogP contribution in [0.4, 0.5) is 5.95 Å². The molecule has 1 aromatic heterocycles. The Balaban J connectivity index is 0.000000514. The summed E-state index contributed by atoms with van der Waals surface area (Å²) >= 11 is 0. The molecule has 2 atom stereocenters. The monoisotopic (exact) mass is 235 g/mol. The van der Waals surface area contributed by atoms with Gasteiger partial charge in [-0.2, -0.15) is 0 Å². The Kier molecular flexibility index (Phi) is 3.94. The lowest BCUT2D eigenvalue weighted by molar-refractivity contribution is 0.0299. The Hall–Kier alpha value is -1.16. The highest BCUT2D eigenvalue weighted by atomic mass is 16.5. The molecule has 0 spiro atoms. The van der Waals surface area contributed by atoms with E-state index in [9.17, 15) is 0 Å². The van der Waals surface area contributed by atoms with E-state index in [1.54, 1.807) is 0 Å². The van der Waals surface area contributed by atoms with Gasteiger partial charge in [-0.05, 0) is 25.8 Å². The molecule has 0 radical (unpaired) electrons. The van der Waals surface area contributed by atoms with E-state index in [1.807, 2.05) is 33.0 Å². The zero-order valence-electron chi connectivity index (χ0n) is 10.9. The summed E-state index contributed by atoms with van der Waals surface area (Å²) in [6.45, 7) is 7.89. The van der Waals surface area contributed by atoms with Crippen molar-refractivity contribution in [2.75, 3.05) is 18.0 Å². The van der Waals surface area contributed by atoms with Crippen LogP contribution in [0, 0.1) is 6.92 Å². The number of fused-ring (bicyclic) bond motifs is 2. The maximum atomic E-state index is 5.78. The molecule has 3 heterocycles. The normalized spacial score (nSPS) is 26.4. The molecule has 2 fully saturated rings. The fraction of sp³-hybridized carbons (Fsp3) is 0.692. The van der Waals surface area contributed by atoms with E-state index in [0.717, 1.165) is 24.7 Å². The predicted molar refractivity (Wildman–Crippen MR) is 68.2 cm³/mol. The predicted octanol–water partition coefficient (Wildman–Crippen LogP) is 2.18. The largest absolute Gasteiger partial charge is 0.371 e. The SMILES string of the molecule is CC.Cc1ccnc(N2CC3CCC(C2)O3)n1. The third-order valence-electron chi connectivity index (χ3n) is 3.11. The van der Waals surface area contributed by atoms with Crippen molar-refractivity contribution in [3.8, 4) is 0 Å². The van der Waals surface area contributed by atoms with Crippen molar-refractivity contribution < 1.29 is 4.74 Å². The summed E-state index contributed by atoms with van der Waals surface area (Å²) in [6, 6.07) is 1.93. The fourth-order valence-corrected chi connectivity index (χ4v) is 2.37. The van der Waals surface area contributed by atoms with Crippen LogP contribution >= 0.6 is 0 Å². The van der Waals surface area contributed by atoms with Crippen molar-refractivity contribution in [2.24, 2.45) is 0 Å². The fourth-order valence-electron chi connectivity index (χ4n) is 2.37. The molecule has 1 aromatic rings. The second-order valence-corrected chi connectivity index (χ2v) is 4.36. The first-order valence-electron chi connectivity index (χ1n) is 6.51. The first-order valence-corrected chi connectivity index (χ1v) is 6.51. The number of morpholine rings is 1. The second-order valence-electron chi connectivity index (χ2n) is 4.36. The van der Waals surface area contributed by atoms with Crippen LogP contribution in [0.3, 0.4) is 0 Å². The van der Waals surface area contributed by atoms with Crippen LogP contribution < -0.4 is 4.90 Å². The van der Waals surface area contributed by atoms with Gasteiger partial charge in [0.15, 0.2) is 0 Å². The van der Waals surface area contributed by atoms with E-state index in [0.29, 0.717) is 12.2 Å². The van der Waals surface area contributed by atoms with Gasteiger partial charge in [0.1, 0.15) is 0 Å².